The van der Waals surface area contributed by atoms with E-state index in [0.29, 0.717) is 18.7 Å². The quantitative estimate of drug-likeness (QED) is 0.720. The minimum Gasteiger partial charge on any atom is -0.491 e. The van der Waals surface area contributed by atoms with E-state index in [0.717, 1.165) is 17.1 Å². The van der Waals surface area contributed by atoms with E-state index in [2.05, 4.69) is 9.97 Å². The molecule has 150 valence electrons. The van der Waals surface area contributed by atoms with Crippen molar-refractivity contribution in [1.29, 1.82) is 0 Å². The molecule has 1 aliphatic carbocycles. The number of H-pyrrole nitrogens is 1. The molecule has 0 bridgehead atoms. The largest absolute Gasteiger partial charge is 0.491 e. The van der Waals surface area contributed by atoms with Crippen molar-refractivity contribution in [3.8, 4) is 5.75 Å². The van der Waals surface area contributed by atoms with Gasteiger partial charge < -0.3 is 14.6 Å². The fourth-order valence-electron chi connectivity index (χ4n) is 4.33. The highest BCUT2D eigenvalue weighted by molar-refractivity contribution is 5.98. The van der Waals surface area contributed by atoms with Crippen LogP contribution in [0.2, 0.25) is 0 Å². The minimum absolute atomic E-state index is 0.0139. The van der Waals surface area contributed by atoms with Crippen molar-refractivity contribution in [2.45, 2.75) is 6.18 Å². The molecule has 0 spiro atoms. The van der Waals surface area contributed by atoms with Crippen molar-refractivity contribution in [3.05, 3.63) is 60.0 Å². The monoisotopic (exact) mass is 401 g/mol. The summed E-state index contributed by atoms with van der Waals surface area (Å²) >= 11 is 0. The van der Waals surface area contributed by atoms with Gasteiger partial charge in [0.05, 0.1) is 6.61 Å². The number of rotatable bonds is 4. The lowest BCUT2D eigenvalue weighted by Gasteiger charge is -2.20. The molecule has 29 heavy (non-hydrogen) atoms. The highest BCUT2D eigenvalue weighted by Crippen LogP contribution is 2.52. The van der Waals surface area contributed by atoms with E-state index in [1.54, 1.807) is 0 Å². The first-order valence-electron chi connectivity index (χ1n) is 9.43. The highest BCUT2D eigenvalue weighted by atomic mass is 19.4. The molecule has 1 amide bonds. The van der Waals surface area contributed by atoms with Crippen molar-refractivity contribution in [2.24, 2.45) is 17.8 Å². The molecule has 5 nitrogen and oxygen atoms in total. The van der Waals surface area contributed by atoms with Crippen LogP contribution in [-0.2, 0) is 6.18 Å². The van der Waals surface area contributed by atoms with Gasteiger partial charge in [0.15, 0.2) is 5.69 Å². The summed E-state index contributed by atoms with van der Waals surface area (Å²) in [6.07, 6.45) is -1.60. The van der Waals surface area contributed by atoms with Gasteiger partial charge >= 0.3 is 6.18 Å². The summed E-state index contributed by atoms with van der Waals surface area (Å²) in [4.78, 5) is 21.1. The van der Waals surface area contributed by atoms with Crippen LogP contribution in [0, 0.1) is 17.8 Å². The maximum atomic E-state index is 13.0. The van der Waals surface area contributed by atoms with E-state index < -0.39 is 11.9 Å². The number of halogens is 3. The fourth-order valence-corrected chi connectivity index (χ4v) is 4.33. The molecule has 1 aliphatic heterocycles. The average Bonchev–Trinajstić information content (AvgIpc) is 3.07. The minimum atomic E-state index is -4.54. The third-order valence-electron chi connectivity index (χ3n) is 5.93. The van der Waals surface area contributed by atoms with Crippen LogP contribution in [0.5, 0.6) is 5.75 Å². The zero-order chi connectivity index (χ0) is 20.2. The summed E-state index contributed by atoms with van der Waals surface area (Å²) in [6, 6.07) is 10.3. The molecule has 1 N–H and O–H groups in total. The summed E-state index contributed by atoms with van der Waals surface area (Å²) in [5.74, 6) is 0.474. The predicted molar refractivity (Wildman–Crippen MR) is 99.4 cm³/mol. The molecule has 3 aromatic rings. The maximum Gasteiger partial charge on any atom is 0.437 e. The van der Waals surface area contributed by atoms with Gasteiger partial charge in [0, 0.05) is 42.5 Å². The number of ether oxygens (including phenoxy) is 1. The summed E-state index contributed by atoms with van der Waals surface area (Å²) in [6.45, 7) is 1.43. The van der Waals surface area contributed by atoms with Crippen LogP contribution in [0.1, 0.15) is 16.1 Å². The van der Waals surface area contributed by atoms with Gasteiger partial charge in [0.2, 0.25) is 0 Å². The molecule has 2 fully saturated rings. The lowest BCUT2D eigenvalue weighted by atomic mass is 10.1. The van der Waals surface area contributed by atoms with Crippen LogP contribution >= 0.6 is 0 Å². The number of hydrogen-bond acceptors (Lipinski definition) is 3. The molecule has 1 aromatic carbocycles. The third kappa shape index (κ3) is 3.22. The molecule has 1 saturated carbocycles. The van der Waals surface area contributed by atoms with E-state index >= 15 is 0 Å². The molecule has 2 aromatic heterocycles. The van der Waals surface area contributed by atoms with Gasteiger partial charge in [0.1, 0.15) is 5.75 Å². The summed E-state index contributed by atoms with van der Waals surface area (Å²) < 4.78 is 44.5. The molecule has 1 saturated heterocycles. The topological polar surface area (TPSA) is 58.2 Å². The Morgan fingerprint density at radius 2 is 2.00 bits per heavy atom. The SMILES string of the molecule is O=C(c1ccc2cc[nH]c2c1)N1C[C@@H]2C(COc3cccnc3C(F)(F)F)[C@@H]2C1. The number of fused-ring (bicyclic) bond motifs is 2. The van der Waals surface area contributed by atoms with Gasteiger partial charge in [-0.15, -0.1) is 0 Å². The predicted octanol–water partition coefficient (Wildman–Crippen LogP) is 3.98. The fraction of sp³-hybridized carbons (Fsp3) is 0.333. The summed E-state index contributed by atoms with van der Waals surface area (Å²) in [5, 5.41) is 1.05. The van der Waals surface area contributed by atoms with E-state index in [1.165, 1.54) is 12.1 Å². The zero-order valence-electron chi connectivity index (χ0n) is 15.3. The molecule has 1 unspecified atom stereocenters. The number of aromatic amines is 1. The van der Waals surface area contributed by atoms with Crippen molar-refractivity contribution in [2.75, 3.05) is 19.7 Å². The molecule has 3 atom stereocenters. The number of likely N-dealkylation sites (tertiary alicyclic amines) is 1. The Morgan fingerprint density at radius 3 is 2.76 bits per heavy atom. The third-order valence-corrected chi connectivity index (χ3v) is 5.93. The van der Waals surface area contributed by atoms with E-state index in [-0.39, 0.29) is 36.0 Å². The number of pyridine rings is 1. The zero-order valence-corrected chi connectivity index (χ0v) is 15.3. The van der Waals surface area contributed by atoms with Gasteiger partial charge in [0.25, 0.3) is 5.91 Å². The van der Waals surface area contributed by atoms with Crippen molar-refractivity contribution < 1.29 is 22.7 Å². The van der Waals surface area contributed by atoms with Gasteiger partial charge in [-0.3, -0.25) is 4.79 Å². The molecule has 3 heterocycles. The molecule has 8 heteroatoms. The average molecular weight is 401 g/mol. The molecular formula is C21H18F3N3O2. The van der Waals surface area contributed by atoms with Crippen LogP contribution in [0.15, 0.2) is 48.8 Å². The lowest BCUT2D eigenvalue weighted by molar-refractivity contribution is -0.142. The highest BCUT2D eigenvalue weighted by Gasteiger charge is 2.57. The standard InChI is InChI=1S/C21H18F3N3O2/c22-21(23,24)19-18(2-1-6-26-19)29-11-16-14-9-27(10-15(14)16)20(28)13-4-3-12-5-7-25-17(12)8-13/h1-8,14-16,25H,9-11H2/t14-,15+,16?. The van der Waals surface area contributed by atoms with Crippen molar-refractivity contribution >= 4 is 16.8 Å². The van der Waals surface area contributed by atoms with E-state index in [9.17, 15) is 18.0 Å². The van der Waals surface area contributed by atoms with Gasteiger partial charge in [-0.1, -0.05) is 6.07 Å². The molecule has 0 radical (unpaired) electrons. The van der Waals surface area contributed by atoms with Gasteiger partial charge in [-0.25, -0.2) is 4.98 Å². The number of nitrogens with zero attached hydrogens (tertiary/aromatic N) is 2. The molecular weight excluding hydrogens is 383 g/mol. The second-order valence-electron chi connectivity index (χ2n) is 7.64. The molecule has 5 rings (SSSR count). The second-order valence-corrected chi connectivity index (χ2v) is 7.64. The van der Waals surface area contributed by atoms with Crippen LogP contribution in [0.3, 0.4) is 0 Å². The van der Waals surface area contributed by atoms with Gasteiger partial charge in [-0.2, -0.15) is 13.2 Å². The Balaban J connectivity index is 1.19. The number of carbonyl (C=O) groups is 1. The lowest BCUT2D eigenvalue weighted by Crippen LogP contribution is -2.32. The Bertz CT molecular complexity index is 1070. The smallest absolute Gasteiger partial charge is 0.437 e. The Hall–Kier alpha value is -3.03. The van der Waals surface area contributed by atoms with Crippen molar-refractivity contribution in [1.82, 2.24) is 14.9 Å². The van der Waals surface area contributed by atoms with E-state index in [1.807, 2.05) is 35.4 Å². The van der Waals surface area contributed by atoms with Crippen LogP contribution in [0.4, 0.5) is 13.2 Å². The van der Waals surface area contributed by atoms with Crippen molar-refractivity contribution in [3.63, 3.8) is 0 Å². The van der Waals surface area contributed by atoms with Crippen LogP contribution < -0.4 is 4.74 Å². The van der Waals surface area contributed by atoms with E-state index in [4.69, 9.17) is 4.74 Å². The van der Waals surface area contributed by atoms with Gasteiger partial charge in [-0.05, 0) is 47.6 Å². The number of alkyl halides is 3. The number of aromatic nitrogens is 2. The Kier molecular flexibility index (Phi) is 4.04. The second kappa shape index (κ2) is 6.50. The van der Waals surface area contributed by atoms with Crippen LogP contribution in [-0.4, -0.2) is 40.5 Å². The summed E-state index contributed by atoms with van der Waals surface area (Å²) in [7, 11) is 0. The summed E-state index contributed by atoms with van der Waals surface area (Å²) in [5.41, 5.74) is 0.560. The first-order valence-corrected chi connectivity index (χ1v) is 9.43. The number of hydrogen-bond donors (Lipinski definition) is 1. The number of benzene rings is 1. The number of piperidine rings is 1. The molecule has 2 aliphatic rings. The normalized spacial score (nSPS) is 23.3. The Labute approximate surface area is 164 Å². The van der Waals surface area contributed by atoms with Crippen LogP contribution in [0.25, 0.3) is 10.9 Å². The number of carbonyl (C=O) groups excluding carboxylic acids is 1. The number of amides is 1. The first-order chi connectivity index (χ1) is 13.9. The number of nitrogens with one attached hydrogen (secondary N) is 1. The first kappa shape index (κ1) is 18.0. The maximum absolute atomic E-state index is 13.0. The Morgan fingerprint density at radius 1 is 1.21 bits per heavy atom.